The predicted molar refractivity (Wildman–Crippen MR) is 158 cm³/mol. The maximum absolute atomic E-state index is 14.0. The first-order chi connectivity index (χ1) is 19.1. The molecule has 10 heteroatoms. The highest BCUT2D eigenvalue weighted by molar-refractivity contribution is 7.92. The molecule has 0 radical (unpaired) electrons. The Labute approximate surface area is 241 Å². The molecule has 0 fully saturated rings. The maximum Gasteiger partial charge on any atom is 0.264 e. The van der Waals surface area contributed by atoms with Gasteiger partial charge in [0.1, 0.15) is 18.3 Å². The minimum Gasteiger partial charge on any atom is -0.497 e. The Morgan fingerprint density at radius 1 is 0.950 bits per heavy atom. The third-order valence-corrected chi connectivity index (χ3v) is 8.49. The quantitative estimate of drug-likeness (QED) is 0.298. The monoisotopic (exact) mass is 585 g/mol. The van der Waals surface area contributed by atoms with Crippen molar-refractivity contribution in [3.63, 3.8) is 0 Å². The van der Waals surface area contributed by atoms with Crippen LogP contribution < -0.4 is 14.4 Å². The average Bonchev–Trinajstić information content (AvgIpc) is 2.95. The van der Waals surface area contributed by atoms with Crippen molar-refractivity contribution in [3.8, 4) is 5.75 Å². The fourth-order valence-corrected chi connectivity index (χ4v) is 5.73. The summed E-state index contributed by atoms with van der Waals surface area (Å²) >= 11 is 6.06. The first kappa shape index (κ1) is 31.0. The van der Waals surface area contributed by atoms with Crippen LogP contribution in [0.3, 0.4) is 0 Å². The van der Waals surface area contributed by atoms with Crippen LogP contribution in [0.2, 0.25) is 5.02 Å². The van der Waals surface area contributed by atoms with Gasteiger partial charge in [0.05, 0.1) is 17.7 Å². The zero-order valence-electron chi connectivity index (χ0n) is 23.3. The molecule has 8 nitrogen and oxygen atoms in total. The SMILES string of the molecule is CCCNC(=O)[C@H](CC)N(Cc1ccc(Cl)cc1)C(=O)CN(c1ccc(OC)cc1)S(=O)(=O)c1ccc(C)cc1. The molecule has 0 bridgehead atoms. The van der Waals surface area contributed by atoms with Crippen molar-refractivity contribution in [2.45, 2.75) is 51.1 Å². The number of hydrogen-bond donors (Lipinski definition) is 1. The molecule has 0 saturated carbocycles. The van der Waals surface area contributed by atoms with E-state index in [1.165, 1.54) is 24.1 Å². The van der Waals surface area contributed by atoms with Crippen molar-refractivity contribution in [3.05, 3.63) is 88.9 Å². The van der Waals surface area contributed by atoms with Crippen LogP contribution in [-0.4, -0.2) is 51.4 Å². The van der Waals surface area contributed by atoms with Gasteiger partial charge in [0.15, 0.2) is 0 Å². The van der Waals surface area contributed by atoms with E-state index in [-0.39, 0.29) is 17.3 Å². The summed E-state index contributed by atoms with van der Waals surface area (Å²) in [5.74, 6) is -0.255. The lowest BCUT2D eigenvalue weighted by Crippen LogP contribution is -2.52. The molecule has 1 N–H and O–H groups in total. The summed E-state index contributed by atoms with van der Waals surface area (Å²) in [5.41, 5.74) is 1.96. The van der Waals surface area contributed by atoms with Crippen molar-refractivity contribution >= 4 is 39.1 Å². The Morgan fingerprint density at radius 2 is 1.57 bits per heavy atom. The van der Waals surface area contributed by atoms with Crippen molar-refractivity contribution in [2.24, 2.45) is 0 Å². The smallest absolute Gasteiger partial charge is 0.264 e. The first-order valence-corrected chi connectivity index (χ1v) is 15.0. The number of aryl methyl sites for hydroxylation is 1. The number of nitrogens with zero attached hydrogens (tertiary/aromatic N) is 2. The van der Waals surface area contributed by atoms with Crippen molar-refractivity contribution in [1.29, 1.82) is 0 Å². The minimum absolute atomic E-state index is 0.0544. The minimum atomic E-state index is -4.14. The molecule has 0 unspecified atom stereocenters. The fourth-order valence-electron chi connectivity index (χ4n) is 4.19. The second-order valence-electron chi connectivity index (χ2n) is 9.39. The van der Waals surface area contributed by atoms with Gasteiger partial charge in [-0.25, -0.2) is 8.42 Å². The number of ether oxygens (including phenoxy) is 1. The van der Waals surface area contributed by atoms with Gasteiger partial charge in [-0.1, -0.05) is 55.3 Å². The number of methoxy groups -OCH3 is 1. The lowest BCUT2D eigenvalue weighted by Gasteiger charge is -2.33. The number of benzene rings is 3. The number of rotatable bonds is 13. The molecule has 0 saturated heterocycles. The van der Waals surface area contributed by atoms with Crippen LogP contribution in [-0.2, 0) is 26.2 Å². The van der Waals surface area contributed by atoms with E-state index in [0.717, 1.165) is 21.9 Å². The molecule has 0 aliphatic heterocycles. The lowest BCUT2D eigenvalue weighted by molar-refractivity contribution is -0.140. The second kappa shape index (κ2) is 14.2. The summed E-state index contributed by atoms with van der Waals surface area (Å²) in [6.07, 6.45) is 1.09. The van der Waals surface area contributed by atoms with Crippen molar-refractivity contribution in [2.75, 3.05) is 24.5 Å². The van der Waals surface area contributed by atoms with E-state index in [1.807, 2.05) is 20.8 Å². The standard InChI is InChI=1S/C30H36ClN3O5S/c1-5-19-32-30(36)28(6-2)33(20-23-9-11-24(31)12-10-23)29(35)21-34(25-13-15-26(39-4)16-14-25)40(37,38)27-17-7-22(3)8-18-27/h7-18,28H,5-6,19-21H2,1-4H3,(H,32,36)/t28-/m0/s1. The van der Waals surface area contributed by atoms with Gasteiger partial charge >= 0.3 is 0 Å². The molecule has 0 aliphatic carbocycles. The Morgan fingerprint density at radius 3 is 2.12 bits per heavy atom. The number of hydrogen-bond acceptors (Lipinski definition) is 5. The Bertz CT molecular complexity index is 1380. The summed E-state index contributed by atoms with van der Waals surface area (Å²) < 4.78 is 34.1. The fraction of sp³-hybridized carbons (Fsp3) is 0.333. The van der Waals surface area contributed by atoms with Gasteiger partial charge in [-0.05, 0) is 73.9 Å². The molecular weight excluding hydrogens is 550 g/mol. The van der Waals surface area contributed by atoms with Crippen molar-refractivity contribution in [1.82, 2.24) is 10.2 Å². The Balaban J connectivity index is 2.04. The zero-order chi connectivity index (χ0) is 29.3. The zero-order valence-corrected chi connectivity index (χ0v) is 24.8. The van der Waals surface area contributed by atoms with E-state index < -0.39 is 28.5 Å². The molecule has 0 aliphatic rings. The predicted octanol–water partition coefficient (Wildman–Crippen LogP) is 5.19. The number of sulfonamides is 1. The molecule has 0 aromatic heterocycles. The molecular formula is C30H36ClN3O5S. The number of carbonyl (C=O) groups excluding carboxylic acids is 2. The number of carbonyl (C=O) groups is 2. The summed E-state index contributed by atoms with van der Waals surface area (Å²) in [6, 6.07) is 19.1. The van der Waals surface area contributed by atoms with E-state index in [2.05, 4.69) is 5.32 Å². The summed E-state index contributed by atoms with van der Waals surface area (Å²) in [4.78, 5) is 28.6. The van der Waals surface area contributed by atoms with Gasteiger partial charge in [-0.15, -0.1) is 0 Å². The van der Waals surface area contributed by atoms with Gasteiger partial charge in [0.25, 0.3) is 10.0 Å². The third kappa shape index (κ3) is 7.76. The molecule has 2 amide bonds. The lowest BCUT2D eigenvalue weighted by atomic mass is 10.1. The number of halogens is 1. The summed E-state index contributed by atoms with van der Waals surface area (Å²) in [5, 5.41) is 3.42. The first-order valence-electron chi connectivity index (χ1n) is 13.2. The molecule has 3 aromatic carbocycles. The second-order valence-corrected chi connectivity index (χ2v) is 11.7. The van der Waals surface area contributed by atoms with Crippen LogP contribution in [0.15, 0.2) is 77.7 Å². The highest BCUT2D eigenvalue weighted by atomic mass is 35.5. The van der Waals surface area contributed by atoms with Crippen LogP contribution in [0.5, 0.6) is 5.75 Å². The Hall–Kier alpha value is -3.56. The summed E-state index contributed by atoms with van der Waals surface area (Å²) in [7, 11) is -2.62. The number of amides is 2. The Kier molecular flexibility index (Phi) is 11.0. The molecule has 1 atom stereocenters. The average molecular weight is 586 g/mol. The van der Waals surface area contributed by atoms with Crippen LogP contribution in [0.4, 0.5) is 5.69 Å². The normalized spacial score (nSPS) is 11.9. The van der Waals surface area contributed by atoms with E-state index in [9.17, 15) is 18.0 Å². The van der Waals surface area contributed by atoms with Crippen LogP contribution in [0.25, 0.3) is 0 Å². The molecule has 3 aromatic rings. The molecule has 0 heterocycles. The topological polar surface area (TPSA) is 96.0 Å². The van der Waals surface area contributed by atoms with Crippen LogP contribution in [0, 0.1) is 6.92 Å². The van der Waals surface area contributed by atoms with E-state index in [0.29, 0.717) is 29.4 Å². The van der Waals surface area contributed by atoms with Gasteiger partial charge in [0.2, 0.25) is 11.8 Å². The summed E-state index contributed by atoms with van der Waals surface area (Å²) in [6.45, 7) is 5.70. The molecule has 0 spiro atoms. The van der Waals surface area contributed by atoms with Gasteiger partial charge in [-0.2, -0.15) is 0 Å². The van der Waals surface area contributed by atoms with E-state index in [1.54, 1.807) is 60.7 Å². The molecule has 3 rings (SSSR count). The highest BCUT2D eigenvalue weighted by Gasteiger charge is 2.33. The van der Waals surface area contributed by atoms with Gasteiger partial charge in [-0.3, -0.25) is 13.9 Å². The molecule has 214 valence electrons. The maximum atomic E-state index is 14.0. The number of nitrogens with one attached hydrogen (secondary N) is 1. The van der Waals surface area contributed by atoms with Crippen LogP contribution in [0.1, 0.15) is 37.8 Å². The van der Waals surface area contributed by atoms with Gasteiger partial charge in [0, 0.05) is 18.1 Å². The largest absolute Gasteiger partial charge is 0.497 e. The molecule has 40 heavy (non-hydrogen) atoms. The number of anilines is 1. The van der Waals surface area contributed by atoms with Crippen LogP contribution >= 0.6 is 11.6 Å². The van der Waals surface area contributed by atoms with Gasteiger partial charge < -0.3 is 15.0 Å². The van der Waals surface area contributed by atoms with E-state index >= 15 is 0 Å². The highest BCUT2D eigenvalue weighted by Crippen LogP contribution is 2.27. The third-order valence-electron chi connectivity index (χ3n) is 6.45. The van der Waals surface area contributed by atoms with Crippen molar-refractivity contribution < 1.29 is 22.7 Å². The van der Waals surface area contributed by atoms with E-state index in [4.69, 9.17) is 16.3 Å².